The highest BCUT2D eigenvalue weighted by atomic mass is 16.7. The minimum absolute atomic E-state index is 0.0678. The summed E-state index contributed by atoms with van der Waals surface area (Å²) in [6.45, 7) is 4.95. The predicted octanol–water partition coefficient (Wildman–Crippen LogP) is 2.77. The van der Waals surface area contributed by atoms with Crippen LogP contribution in [0.1, 0.15) is 32.3 Å². The number of aliphatic imine (C=N–C) groups is 1. The Morgan fingerprint density at radius 3 is 2.26 bits per heavy atom. The number of nitro groups is 1. The predicted molar refractivity (Wildman–Crippen MR) is 111 cm³/mol. The maximum Gasteiger partial charge on any atom is 0.336 e. The molecule has 0 bridgehead atoms. The van der Waals surface area contributed by atoms with E-state index in [0.29, 0.717) is 5.71 Å². The van der Waals surface area contributed by atoms with Gasteiger partial charge in [-0.3, -0.25) is 19.9 Å². The molecule has 10 heteroatoms. The van der Waals surface area contributed by atoms with Crippen molar-refractivity contribution in [3.05, 3.63) is 51.2 Å². The first kappa shape index (κ1) is 24.2. The molecule has 168 valence electrons. The van der Waals surface area contributed by atoms with Crippen LogP contribution >= 0.6 is 0 Å². The van der Waals surface area contributed by atoms with E-state index in [2.05, 4.69) is 4.99 Å². The molecule has 1 aliphatic heterocycles. The molecule has 0 amide bonds. The van der Waals surface area contributed by atoms with Crippen LogP contribution in [0.4, 0.5) is 5.69 Å². The topological polar surface area (TPSA) is 127 Å². The van der Waals surface area contributed by atoms with Crippen molar-refractivity contribution in [1.82, 2.24) is 0 Å². The second-order valence-electron chi connectivity index (χ2n) is 7.10. The van der Waals surface area contributed by atoms with Crippen molar-refractivity contribution in [3.8, 4) is 0 Å². The summed E-state index contributed by atoms with van der Waals surface area (Å²) < 4.78 is 20.9. The van der Waals surface area contributed by atoms with E-state index < -0.39 is 41.1 Å². The molecule has 2 rings (SSSR count). The van der Waals surface area contributed by atoms with E-state index in [4.69, 9.17) is 18.9 Å². The number of hydrogen-bond donors (Lipinski definition) is 0. The fourth-order valence-electron chi connectivity index (χ4n) is 3.59. The average Bonchev–Trinajstić information content (AvgIpc) is 2.72. The van der Waals surface area contributed by atoms with Gasteiger partial charge in [0, 0.05) is 37.5 Å². The molecule has 0 saturated heterocycles. The monoisotopic (exact) mass is 434 g/mol. The Bertz CT molecular complexity index is 918. The summed E-state index contributed by atoms with van der Waals surface area (Å²) in [5.41, 5.74) is 0.205. The summed E-state index contributed by atoms with van der Waals surface area (Å²) in [5.74, 6) is -3.65. The summed E-state index contributed by atoms with van der Waals surface area (Å²) in [6.07, 6.45) is -1.50. The normalized spacial score (nSPS) is 18.8. The molecule has 0 saturated carbocycles. The van der Waals surface area contributed by atoms with Gasteiger partial charge in [0.1, 0.15) is 11.6 Å². The zero-order valence-corrected chi connectivity index (χ0v) is 18.3. The van der Waals surface area contributed by atoms with Crippen molar-refractivity contribution in [3.63, 3.8) is 0 Å². The first-order chi connectivity index (χ1) is 14.7. The van der Waals surface area contributed by atoms with Gasteiger partial charge in [-0.1, -0.05) is 18.2 Å². The lowest BCUT2D eigenvalue weighted by Gasteiger charge is -2.33. The number of ether oxygens (including phenoxy) is 4. The zero-order valence-electron chi connectivity index (χ0n) is 18.3. The maximum atomic E-state index is 13.0. The number of nitrogens with zero attached hydrogens (tertiary/aromatic N) is 2. The van der Waals surface area contributed by atoms with Gasteiger partial charge in [-0.2, -0.15) is 0 Å². The van der Waals surface area contributed by atoms with Crippen molar-refractivity contribution in [2.24, 2.45) is 10.9 Å². The minimum Gasteiger partial charge on any atom is -0.466 e. The summed E-state index contributed by atoms with van der Waals surface area (Å²) >= 11 is 0. The number of hydrogen-bond acceptors (Lipinski definition) is 9. The number of nitro benzene ring substituents is 1. The summed E-state index contributed by atoms with van der Waals surface area (Å²) in [5, 5.41) is 11.8. The van der Waals surface area contributed by atoms with E-state index in [-0.39, 0.29) is 22.5 Å². The summed E-state index contributed by atoms with van der Waals surface area (Å²) in [4.78, 5) is 41.5. The molecule has 1 aromatic carbocycles. The van der Waals surface area contributed by atoms with Gasteiger partial charge in [-0.25, -0.2) is 4.79 Å². The van der Waals surface area contributed by atoms with Crippen molar-refractivity contribution in [2.75, 3.05) is 21.3 Å². The van der Waals surface area contributed by atoms with E-state index >= 15 is 0 Å². The lowest BCUT2D eigenvalue weighted by molar-refractivity contribution is -0.385. The van der Waals surface area contributed by atoms with Crippen molar-refractivity contribution >= 4 is 23.3 Å². The molecule has 1 aromatic rings. The van der Waals surface area contributed by atoms with Crippen molar-refractivity contribution in [2.45, 2.75) is 39.1 Å². The summed E-state index contributed by atoms with van der Waals surface area (Å²) in [6, 6.07) is 5.89. The Kier molecular flexibility index (Phi) is 8.01. The van der Waals surface area contributed by atoms with Crippen LogP contribution in [-0.4, -0.2) is 56.3 Å². The van der Waals surface area contributed by atoms with E-state index in [1.54, 1.807) is 26.8 Å². The van der Waals surface area contributed by atoms with Gasteiger partial charge in [0.05, 0.1) is 23.7 Å². The Labute approximate surface area is 180 Å². The van der Waals surface area contributed by atoms with Crippen LogP contribution in [-0.2, 0) is 28.5 Å². The molecule has 31 heavy (non-hydrogen) atoms. The molecule has 0 N–H and O–H groups in total. The summed E-state index contributed by atoms with van der Waals surface area (Å²) in [7, 11) is 3.89. The smallest absolute Gasteiger partial charge is 0.336 e. The first-order valence-corrected chi connectivity index (χ1v) is 9.54. The minimum atomic E-state index is -1.10. The van der Waals surface area contributed by atoms with Gasteiger partial charge in [0.2, 0.25) is 6.29 Å². The van der Waals surface area contributed by atoms with Gasteiger partial charge in [0.15, 0.2) is 0 Å². The molecule has 2 unspecified atom stereocenters. The van der Waals surface area contributed by atoms with Crippen molar-refractivity contribution < 1.29 is 33.5 Å². The number of para-hydroxylation sites is 1. The number of benzene rings is 1. The standard InChI is InChI=1S/C21H26N2O8/c1-11(2)31-20(25)15-12(3)22-18(21(29-5)30-6)17(19(24)28-4)16(15)13-9-7-8-10-14(13)23(26)27/h7-11,15-16,21H,1-6H3. The molecular weight excluding hydrogens is 408 g/mol. The molecule has 1 aliphatic rings. The van der Waals surface area contributed by atoms with Crippen LogP contribution in [0, 0.1) is 16.0 Å². The average molecular weight is 434 g/mol. The molecule has 0 fully saturated rings. The number of esters is 2. The molecule has 10 nitrogen and oxygen atoms in total. The van der Waals surface area contributed by atoms with Crippen LogP contribution in [0.5, 0.6) is 0 Å². The third-order valence-corrected chi connectivity index (χ3v) is 4.80. The zero-order chi connectivity index (χ0) is 23.3. The van der Waals surface area contributed by atoms with Gasteiger partial charge in [-0.15, -0.1) is 0 Å². The molecule has 0 aromatic heterocycles. The number of rotatable bonds is 8. The molecule has 0 spiro atoms. The highest BCUT2D eigenvalue weighted by Gasteiger charge is 2.46. The number of methoxy groups -OCH3 is 3. The first-order valence-electron chi connectivity index (χ1n) is 9.54. The fourth-order valence-corrected chi connectivity index (χ4v) is 3.59. The Hall–Kier alpha value is -3.11. The second-order valence-corrected chi connectivity index (χ2v) is 7.10. The molecule has 1 heterocycles. The highest BCUT2D eigenvalue weighted by molar-refractivity contribution is 6.07. The van der Waals surface area contributed by atoms with Crippen LogP contribution < -0.4 is 0 Å². The Morgan fingerprint density at radius 2 is 1.74 bits per heavy atom. The third kappa shape index (κ3) is 4.97. The van der Waals surface area contributed by atoms with Crippen LogP contribution in [0.15, 0.2) is 40.5 Å². The quantitative estimate of drug-likeness (QED) is 0.265. The Balaban J connectivity index is 2.88. The highest BCUT2D eigenvalue weighted by Crippen LogP contribution is 2.44. The maximum absolute atomic E-state index is 13.0. The van der Waals surface area contributed by atoms with Gasteiger partial charge >= 0.3 is 11.9 Å². The van der Waals surface area contributed by atoms with Crippen LogP contribution in [0.2, 0.25) is 0 Å². The Morgan fingerprint density at radius 1 is 1.13 bits per heavy atom. The van der Waals surface area contributed by atoms with Gasteiger partial charge in [0.25, 0.3) is 5.69 Å². The largest absolute Gasteiger partial charge is 0.466 e. The van der Waals surface area contributed by atoms with E-state index in [9.17, 15) is 19.7 Å². The second kappa shape index (κ2) is 10.3. The van der Waals surface area contributed by atoms with Crippen LogP contribution in [0.3, 0.4) is 0 Å². The fraction of sp³-hybridized carbons (Fsp3) is 0.476. The van der Waals surface area contributed by atoms with E-state index in [1.165, 1.54) is 39.5 Å². The van der Waals surface area contributed by atoms with E-state index in [1.807, 2.05) is 0 Å². The molecule has 0 radical (unpaired) electrons. The van der Waals surface area contributed by atoms with Crippen LogP contribution in [0.25, 0.3) is 0 Å². The molecule has 0 aliphatic carbocycles. The third-order valence-electron chi connectivity index (χ3n) is 4.80. The lowest BCUT2D eigenvalue weighted by Crippen LogP contribution is -2.39. The van der Waals surface area contributed by atoms with Gasteiger partial charge in [-0.05, 0) is 20.8 Å². The SMILES string of the molecule is COC(=O)C1=C(C(OC)OC)N=C(C)C(C(=O)OC(C)C)C1c1ccccc1[N+](=O)[O-]. The lowest BCUT2D eigenvalue weighted by atomic mass is 9.74. The van der Waals surface area contributed by atoms with Crippen molar-refractivity contribution in [1.29, 1.82) is 0 Å². The van der Waals surface area contributed by atoms with E-state index in [0.717, 1.165) is 0 Å². The molecule has 2 atom stereocenters. The number of carbonyl (C=O) groups excluding carboxylic acids is 2. The number of carbonyl (C=O) groups is 2. The molecular formula is C21H26N2O8. The van der Waals surface area contributed by atoms with Gasteiger partial charge < -0.3 is 18.9 Å².